The first-order chi connectivity index (χ1) is 10.2. The highest BCUT2D eigenvalue weighted by Gasteiger charge is 2.19. The van der Waals surface area contributed by atoms with Crippen LogP contribution in [0.15, 0.2) is 30.1 Å². The van der Waals surface area contributed by atoms with Gasteiger partial charge in [-0.15, -0.1) is 13.2 Å². The molecule has 2 rings (SSSR count). The van der Waals surface area contributed by atoms with Gasteiger partial charge in [-0.2, -0.15) is 5.10 Å². The molecule has 1 aliphatic rings. The lowest BCUT2D eigenvalue weighted by Crippen LogP contribution is -2.37. The molecular weight excluding hydrogens is 268 g/mol. The second-order valence-corrected chi connectivity index (χ2v) is 5.19. The Morgan fingerprint density at radius 3 is 2.62 bits per heavy atom. The average Bonchev–Trinajstić information content (AvgIpc) is 2.66. The largest absolute Gasteiger partial charge is 0.346 e. The van der Waals surface area contributed by atoms with Crippen LogP contribution in [0.5, 0.6) is 0 Å². The van der Waals surface area contributed by atoms with Crippen molar-refractivity contribution in [3.8, 4) is 0 Å². The summed E-state index contributed by atoms with van der Waals surface area (Å²) in [5.74, 6) is 0.648. The molecule has 114 valence electrons. The number of aryl methyl sites for hydroxylation is 1. The fraction of sp³-hybridized carbons (Fsp3) is 0.533. The Labute approximate surface area is 124 Å². The van der Waals surface area contributed by atoms with E-state index in [4.69, 9.17) is 0 Å². The molecule has 2 heterocycles. The first kappa shape index (κ1) is 15.3. The fourth-order valence-electron chi connectivity index (χ4n) is 2.55. The van der Waals surface area contributed by atoms with E-state index >= 15 is 0 Å². The van der Waals surface area contributed by atoms with Crippen molar-refractivity contribution in [3.63, 3.8) is 0 Å². The first-order valence-corrected chi connectivity index (χ1v) is 7.33. The van der Waals surface area contributed by atoms with Crippen LogP contribution in [-0.2, 0) is 24.3 Å². The van der Waals surface area contributed by atoms with Crippen molar-refractivity contribution in [2.75, 3.05) is 13.1 Å². The molecule has 1 aromatic rings. The number of aromatic nitrogens is 3. The van der Waals surface area contributed by atoms with Gasteiger partial charge in [0.2, 0.25) is 5.91 Å². The number of hydrogen-bond acceptors (Lipinski definition) is 3. The Bertz CT molecular complexity index is 575. The lowest BCUT2D eigenvalue weighted by atomic mass is 10.2. The smallest absolute Gasteiger partial charge is 0.334 e. The number of hydrogen-bond donors (Lipinski definition) is 0. The highest BCUT2D eigenvalue weighted by molar-refractivity contribution is 5.76. The highest BCUT2D eigenvalue weighted by Crippen LogP contribution is 2.10. The summed E-state index contributed by atoms with van der Waals surface area (Å²) in [7, 11) is 0. The predicted molar refractivity (Wildman–Crippen MR) is 81.0 cm³/mol. The molecule has 0 unspecified atom stereocenters. The van der Waals surface area contributed by atoms with Gasteiger partial charge in [-0.05, 0) is 12.8 Å². The quantitative estimate of drug-likeness (QED) is 0.734. The molecular formula is C15H22N4O2. The molecule has 0 saturated heterocycles. The number of carbonyl (C=O) groups excluding carboxylic acids is 1. The van der Waals surface area contributed by atoms with Crippen LogP contribution in [0.4, 0.5) is 0 Å². The maximum absolute atomic E-state index is 12.3. The van der Waals surface area contributed by atoms with Crippen molar-refractivity contribution < 1.29 is 4.79 Å². The molecule has 6 nitrogen and oxygen atoms in total. The van der Waals surface area contributed by atoms with Gasteiger partial charge in [0.05, 0.1) is 0 Å². The monoisotopic (exact) mass is 290 g/mol. The van der Waals surface area contributed by atoms with Gasteiger partial charge in [0.1, 0.15) is 12.4 Å². The standard InChI is InChI=1S/C15H22N4O2/c1-3-9-17(10-4-2)14(20)12-19-15(21)18-11-7-5-6-8-13(18)16-19/h3-4H,1-2,5-12H2. The molecule has 1 amide bonds. The molecule has 0 spiro atoms. The molecule has 0 bridgehead atoms. The molecule has 0 fully saturated rings. The molecule has 0 aromatic carbocycles. The number of rotatable bonds is 6. The molecule has 0 aliphatic carbocycles. The summed E-state index contributed by atoms with van der Waals surface area (Å²) in [5, 5.41) is 4.32. The van der Waals surface area contributed by atoms with Crippen molar-refractivity contribution >= 4 is 5.91 Å². The zero-order valence-corrected chi connectivity index (χ0v) is 12.3. The van der Waals surface area contributed by atoms with Gasteiger partial charge >= 0.3 is 5.69 Å². The van der Waals surface area contributed by atoms with Crippen LogP contribution in [-0.4, -0.2) is 38.2 Å². The minimum atomic E-state index is -0.183. The maximum Gasteiger partial charge on any atom is 0.346 e. The van der Waals surface area contributed by atoms with Crippen LogP contribution >= 0.6 is 0 Å². The van der Waals surface area contributed by atoms with Crippen LogP contribution in [0.25, 0.3) is 0 Å². The van der Waals surface area contributed by atoms with E-state index in [-0.39, 0.29) is 18.1 Å². The molecule has 1 aromatic heterocycles. The fourth-order valence-corrected chi connectivity index (χ4v) is 2.55. The SMILES string of the molecule is C=CCN(CC=C)C(=O)Cn1nc2n(c1=O)CCCCC2. The minimum absolute atomic E-state index is 0.0273. The van der Waals surface area contributed by atoms with Crippen molar-refractivity contribution in [2.45, 2.75) is 38.8 Å². The molecule has 0 saturated carbocycles. The summed E-state index contributed by atoms with van der Waals surface area (Å²) in [6.07, 6.45) is 7.28. The van der Waals surface area contributed by atoms with Gasteiger partial charge in [-0.1, -0.05) is 18.6 Å². The second kappa shape index (κ2) is 7.06. The van der Waals surface area contributed by atoms with Crippen molar-refractivity contribution in [3.05, 3.63) is 41.6 Å². The Hall–Kier alpha value is -2.11. The van der Waals surface area contributed by atoms with Crippen LogP contribution in [0.2, 0.25) is 0 Å². The molecule has 21 heavy (non-hydrogen) atoms. The van der Waals surface area contributed by atoms with Gasteiger partial charge in [0.15, 0.2) is 0 Å². The van der Waals surface area contributed by atoms with E-state index in [0.717, 1.165) is 31.5 Å². The number of carbonyl (C=O) groups is 1. The van der Waals surface area contributed by atoms with E-state index in [0.29, 0.717) is 19.6 Å². The molecule has 6 heteroatoms. The number of amides is 1. The van der Waals surface area contributed by atoms with Crippen LogP contribution < -0.4 is 5.69 Å². The summed E-state index contributed by atoms with van der Waals surface area (Å²) in [6, 6.07) is 0. The normalized spacial score (nSPS) is 14.1. The number of fused-ring (bicyclic) bond motifs is 1. The lowest BCUT2D eigenvalue weighted by molar-refractivity contribution is -0.131. The van der Waals surface area contributed by atoms with Crippen molar-refractivity contribution in [1.82, 2.24) is 19.2 Å². The van der Waals surface area contributed by atoms with E-state index in [1.54, 1.807) is 21.6 Å². The van der Waals surface area contributed by atoms with Gasteiger partial charge in [0.25, 0.3) is 0 Å². The maximum atomic E-state index is 12.3. The van der Waals surface area contributed by atoms with E-state index in [9.17, 15) is 9.59 Å². The lowest BCUT2D eigenvalue weighted by Gasteiger charge is -2.18. The van der Waals surface area contributed by atoms with E-state index in [1.165, 1.54) is 4.68 Å². The first-order valence-electron chi connectivity index (χ1n) is 7.33. The Balaban J connectivity index is 2.15. The van der Waals surface area contributed by atoms with Gasteiger partial charge in [0, 0.05) is 26.1 Å². The zero-order chi connectivity index (χ0) is 15.2. The summed E-state index contributed by atoms with van der Waals surface area (Å²) in [4.78, 5) is 26.1. The van der Waals surface area contributed by atoms with Crippen LogP contribution in [0.1, 0.15) is 25.1 Å². The van der Waals surface area contributed by atoms with E-state index in [2.05, 4.69) is 18.3 Å². The number of nitrogens with zero attached hydrogens (tertiary/aromatic N) is 4. The third kappa shape index (κ3) is 3.51. The predicted octanol–water partition coefficient (Wildman–Crippen LogP) is 0.972. The Kier molecular flexibility index (Phi) is 5.14. The second-order valence-electron chi connectivity index (χ2n) is 5.19. The molecule has 0 radical (unpaired) electrons. The molecule has 0 N–H and O–H groups in total. The van der Waals surface area contributed by atoms with Crippen molar-refractivity contribution in [1.29, 1.82) is 0 Å². The van der Waals surface area contributed by atoms with E-state index < -0.39 is 0 Å². The van der Waals surface area contributed by atoms with Crippen LogP contribution in [0, 0.1) is 0 Å². The Morgan fingerprint density at radius 2 is 1.95 bits per heavy atom. The average molecular weight is 290 g/mol. The minimum Gasteiger partial charge on any atom is -0.334 e. The van der Waals surface area contributed by atoms with E-state index in [1.807, 2.05) is 0 Å². The zero-order valence-electron chi connectivity index (χ0n) is 12.3. The van der Waals surface area contributed by atoms with Gasteiger partial charge < -0.3 is 4.90 Å². The summed E-state index contributed by atoms with van der Waals surface area (Å²) < 4.78 is 2.98. The third-order valence-corrected chi connectivity index (χ3v) is 3.62. The van der Waals surface area contributed by atoms with Gasteiger partial charge in [-0.25, -0.2) is 9.48 Å². The summed E-state index contributed by atoms with van der Waals surface area (Å²) in [6.45, 7) is 8.82. The summed E-state index contributed by atoms with van der Waals surface area (Å²) >= 11 is 0. The van der Waals surface area contributed by atoms with Gasteiger partial charge in [-0.3, -0.25) is 9.36 Å². The molecule has 0 atom stereocenters. The molecule has 1 aliphatic heterocycles. The third-order valence-electron chi connectivity index (χ3n) is 3.62. The Morgan fingerprint density at radius 1 is 1.24 bits per heavy atom. The van der Waals surface area contributed by atoms with Crippen molar-refractivity contribution in [2.24, 2.45) is 0 Å². The topological polar surface area (TPSA) is 60.1 Å². The highest BCUT2D eigenvalue weighted by atomic mass is 16.2. The summed E-state index contributed by atoms with van der Waals surface area (Å²) in [5.41, 5.74) is -0.183. The van der Waals surface area contributed by atoms with Crippen LogP contribution in [0.3, 0.4) is 0 Å².